The lowest BCUT2D eigenvalue weighted by Crippen LogP contribution is -2.28. The standard InChI is InChI=1S/C18H19F2NOS/c1-11-4-5-14(8-12(11)2)13(3)21-18(22)10-23-17-9-15(19)6-7-16(17)20/h4-9,13H,10H2,1-3H3,(H,21,22)/t13-/m0/s1. The summed E-state index contributed by atoms with van der Waals surface area (Å²) >= 11 is 0.985. The second kappa shape index (κ2) is 7.59. The third-order valence-corrected chi connectivity index (χ3v) is 4.69. The molecule has 2 rings (SSSR count). The number of halogens is 2. The number of amides is 1. The molecule has 1 atom stereocenters. The number of carbonyl (C=O) groups is 1. The van der Waals surface area contributed by atoms with Gasteiger partial charge in [-0.3, -0.25) is 4.79 Å². The summed E-state index contributed by atoms with van der Waals surface area (Å²) in [7, 11) is 0. The fourth-order valence-electron chi connectivity index (χ4n) is 2.13. The van der Waals surface area contributed by atoms with Gasteiger partial charge in [-0.25, -0.2) is 8.78 Å². The first-order chi connectivity index (χ1) is 10.9. The van der Waals surface area contributed by atoms with Gasteiger partial charge >= 0.3 is 0 Å². The maximum absolute atomic E-state index is 13.5. The maximum atomic E-state index is 13.5. The van der Waals surface area contributed by atoms with E-state index in [4.69, 9.17) is 0 Å². The first-order valence-electron chi connectivity index (χ1n) is 7.31. The largest absolute Gasteiger partial charge is 0.349 e. The van der Waals surface area contributed by atoms with Gasteiger partial charge in [0.1, 0.15) is 11.6 Å². The Morgan fingerprint density at radius 3 is 2.57 bits per heavy atom. The minimum absolute atomic E-state index is 0.0373. The van der Waals surface area contributed by atoms with Crippen LogP contribution in [0.3, 0.4) is 0 Å². The van der Waals surface area contributed by atoms with Gasteiger partial charge in [-0.05, 0) is 55.7 Å². The van der Waals surface area contributed by atoms with E-state index >= 15 is 0 Å². The second-order valence-electron chi connectivity index (χ2n) is 5.50. The predicted octanol–water partition coefficient (Wildman–Crippen LogP) is 4.55. The molecule has 122 valence electrons. The van der Waals surface area contributed by atoms with Gasteiger partial charge in [0, 0.05) is 4.90 Å². The van der Waals surface area contributed by atoms with Crippen molar-refractivity contribution in [2.45, 2.75) is 31.7 Å². The normalized spacial score (nSPS) is 12.0. The van der Waals surface area contributed by atoms with Crippen molar-refractivity contribution in [1.82, 2.24) is 5.32 Å². The molecule has 1 amide bonds. The highest BCUT2D eigenvalue weighted by molar-refractivity contribution is 8.00. The second-order valence-corrected chi connectivity index (χ2v) is 6.51. The van der Waals surface area contributed by atoms with Gasteiger partial charge in [0.2, 0.25) is 5.91 Å². The number of benzene rings is 2. The number of aryl methyl sites for hydroxylation is 2. The molecule has 0 saturated carbocycles. The molecule has 0 radical (unpaired) electrons. The number of carbonyl (C=O) groups excluding carboxylic acids is 1. The molecular weight excluding hydrogens is 316 g/mol. The van der Waals surface area contributed by atoms with Crippen LogP contribution in [0.1, 0.15) is 29.7 Å². The van der Waals surface area contributed by atoms with Crippen LogP contribution in [0.5, 0.6) is 0 Å². The monoisotopic (exact) mass is 335 g/mol. The smallest absolute Gasteiger partial charge is 0.230 e. The number of thioether (sulfide) groups is 1. The molecule has 0 heterocycles. The van der Waals surface area contributed by atoms with Crippen LogP contribution in [-0.4, -0.2) is 11.7 Å². The molecule has 0 fully saturated rings. The van der Waals surface area contributed by atoms with Gasteiger partial charge < -0.3 is 5.32 Å². The molecular formula is C18H19F2NOS. The maximum Gasteiger partial charge on any atom is 0.230 e. The zero-order valence-corrected chi connectivity index (χ0v) is 14.1. The van der Waals surface area contributed by atoms with Crippen molar-refractivity contribution in [2.24, 2.45) is 0 Å². The molecule has 0 spiro atoms. The molecule has 1 N–H and O–H groups in total. The van der Waals surface area contributed by atoms with Crippen LogP contribution in [0.4, 0.5) is 8.78 Å². The Balaban J connectivity index is 1.93. The lowest BCUT2D eigenvalue weighted by Gasteiger charge is -2.15. The van der Waals surface area contributed by atoms with Gasteiger partial charge in [0.15, 0.2) is 0 Å². The molecule has 5 heteroatoms. The van der Waals surface area contributed by atoms with E-state index in [1.807, 2.05) is 39.0 Å². The quantitative estimate of drug-likeness (QED) is 0.812. The van der Waals surface area contributed by atoms with Crippen molar-refractivity contribution in [2.75, 3.05) is 5.75 Å². The molecule has 0 aliphatic carbocycles. The Kier molecular flexibility index (Phi) is 5.77. The highest BCUT2D eigenvalue weighted by Gasteiger charge is 2.12. The predicted molar refractivity (Wildman–Crippen MR) is 89.6 cm³/mol. The highest BCUT2D eigenvalue weighted by atomic mass is 32.2. The van der Waals surface area contributed by atoms with Crippen molar-refractivity contribution >= 4 is 17.7 Å². The zero-order chi connectivity index (χ0) is 17.0. The van der Waals surface area contributed by atoms with Gasteiger partial charge in [-0.2, -0.15) is 0 Å². The fourth-order valence-corrected chi connectivity index (χ4v) is 2.90. The zero-order valence-electron chi connectivity index (χ0n) is 13.3. The molecule has 2 aromatic rings. The first kappa shape index (κ1) is 17.5. The van der Waals surface area contributed by atoms with E-state index in [9.17, 15) is 13.6 Å². The third-order valence-electron chi connectivity index (χ3n) is 3.66. The van der Waals surface area contributed by atoms with Crippen molar-refractivity contribution in [3.63, 3.8) is 0 Å². The summed E-state index contributed by atoms with van der Waals surface area (Å²) in [6.45, 7) is 5.96. The van der Waals surface area contributed by atoms with E-state index in [1.54, 1.807) is 0 Å². The molecule has 0 saturated heterocycles. The van der Waals surface area contributed by atoms with Crippen LogP contribution in [0.25, 0.3) is 0 Å². The molecule has 0 aliphatic heterocycles. The van der Waals surface area contributed by atoms with Crippen LogP contribution in [0, 0.1) is 25.5 Å². The Morgan fingerprint density at radius 1 is 1.13 bits per heavy atom. The van der Waals surface area contributed by atoms with E-state index in [0.29, 0.717) is 0 Å². The molecule has 0 aromatic heterocycles. The minimum Gasteiger partial charge on any atom is -0.349 e. The van der Waals surface area contributed by atoms with Crippen LogP contribution in [-0.2, 0) is 4.79 Å². The molecule has 2 aromatic carbocycles. The Hall–Kier alpha value is -1.88. The van der Waals surface area contributed by atoms with Crippen molar-refractivity contribution in [1.29, 1.82) is 0 Å². The van der Waals surface area contributed by atoms with E-state index in [2.05, 4.69) is 5.32 Å². The first-order valence-corrected chi connectivity index (χ1v) is 8.29. The third kappa shape index (κ3) is 4.79. The molecule has 0 aliphatic rings. The Morgan fingerprint density at radius 2 is 1.87 bits per heavy atom. The summed E-state index contributed by atoms with van der Waals surface area (Å²) < 4.78 is 26.6. The summed E-state index contributed by atoms with van der Waals surface area (Å²) in [6, 6.07) is 9.12. The lowest BCUT2D eigenvalue weighted by molar-refractivity contribution is -0.119. The molecule has 23 heavy (non-hydrogen) atoms. The van der Waals surface area contributed by atoms with Crippen LogP contribution in [0.2, 0.25) is 0 Å². The molecule has 0 bridgehead atoms. The van der Waals surface area contributed by atoms with Crippen LogP contribution < -0.4 is 5.32 Å². The van der Waals surface area contributed by atoms with E-state index in [0.717, 1.165) is 35.5 Å². The number of nitrogens with one attached hydrogen (secondary N) is 1. The van der Waals surface area contributed by atoms with Crippen molar-refractivity contribution in [3.8, 4) is 0 Å². The lowest BCUT2D eigenvalue weighted by atomic mass is 10.0. The van der Waals surface area contributed by atoms with E-state index in [1.165, 1.54) is 11.1 Å². The van der Waals surface area contributed by atoms with Gasteiger partial charge in [-0.15, -0.1) is 11.8 Å². The van der Waals surface area contributed by atoms with Crippen molar-refractivity contribution in [3.05, 3.63) is 64.7 Å². The highest BCUT2D eigenvalue weighted by Crippen LogP contribution is 2.23. The summed E-state index contributed by atoms with van der Waals surface area (Å²) in [5.74, 6) is -1.22. The van der Waals surface area contributed by atoms with E-state index in [-0.39, 0.29) is 22.6 Å². The summed E-state index contributed by atoms with van der Waals surface area (Å²) in [5.41, 5.74) is 3.38. The number of hydrogen-bond acceptors (Lipinski definition) is 2. The summed E-state index contributed by atoms with van der Waals surface area (Å²) in [5, 5.41) is 2.87. The average Bonchev–Trinajstić information content (AvgIpc) is 2.50. The Labute approximate surface area is 139 Å². The van der Waals surface area contributed by atoms with Gasteiger partial charge in [0.25, 0.3) is 0 Å². The molecule has 0 unspecified atom stereocenters. The summed E-state index contributed by atoms with van der Waals surface area (Å²) in [4.78, 5) is 12.1. The topological polar surface area (TPSA) is 29.1 Å². The van der Waals surface area contributed by atoms with Crippen molar-refractivity contribution < 1.29 is 13.6 Å². The fraction of sp³-hybridized carbons (Fsp3) is 0.278. The average molecular weight is 335 g/mol. The van der Waals surface area contributed by atoms with Crippen LogP contribution in [0.15, 0.2) is 41.3 Å². The Bertz CT molecular complexity index is 718. The summed E-state index contributed by atoms with van der Waals surface area (Å²) in [6.07, 6.45) is 0. The number of rotatable bonds is 5. The van der Waals surface area contributed by atoms with Gasteiger partial charge in [-0.1, -0.05) is 18.2 Å². The van der Waals surface area contributed by atoms with E-state index < -0.39 is 11.6 Å². The number of hydrogen-bond donors (Lipinski definition) is 1. The molecule has 2 nitrogen and oxygen atoms in total. The van der Waals surface area contributed by atoms with Gasteiger partial charge in [0.05, 0.1) is 11.8 Å². The van der Waals surface area contributed by atoms with Crippen LogP contribution >= 0.6 is 11.8 Å². The SMILES string of the molecule is Cc1ccc([C@H](C)NC(=O)CSc2cc(F)ccc2F)cc1C. The minimum atomic E-state index is -0.522.